The molecule has 2 amide bonds. The number of benzene rings is 1. The molecule has 126 valence electrons. The fourth-order valence-electron chi connectivity index (χ4n) is 2.50. The Balaban J connectivity index is 1.94. The van der Waals surface area contributed by atoms with E-state index in [1.165, 1.54) is 0 Å². The molecule has 7 heteroatoms. The number of aliphatic hydroxyl groups excluding tert-OH is 1. The Morgan fingerprint density at radius 1 is 1.39 bits per heavy atom. The molecule has 1 aromatic carbocycles. The summed E-state index contributed by atoms with van der Waals surface area (Å²) in [4.78, 5) is 24.4. The lowest BCUT2D eigenvalue weighted by molar-refractivity contribution is -0.124. The van der Waals surface area contributed by atoms with Crippen LogP contribution in [-0.4, -0.2) is 48.3 Å². The van der Waals surface area contributed by atoms with E-state index in [2.05, 4.69) is 10.6 Å². The molecule has 1 saturated heterocycles. The lowest BCUT2D eigenvalue weighted by Gasteiger charge is -2.29. The molecule has 1 aliphatic rings. The van der Waals surface area contributed by atoms with Gasteiger partial charge in [-0.2, -0.15) is 0 Å². The van der Waals surface area contributed by atoms with Crippen LogP contribution in [0.1, 0.15) is 30.1 Å². The van der Waals surface area contributed by atoms with Gasteiger partial charge in [0.1, 0.15) is 6.04 Å². The van der Waals surface area contributed by atoms with E-state index in [1.807, 2.05) is 0 Å². The van der Waals surface area contributed by atoms with Crippen LogP contribution in [0.15, 0.2) is 24.3 Å². The zero-order valence-electron chi connectivity index (χ0n) is 13.0. The summed E-state index contributed by atoms with van der Waals surface area (Å²) in [7, 11) is 0. The van der Waals surface area contributed by atoms with E-state index in [1.54, 1.807) is 31.2 Å². The Hall–Kier alpha value is -1.63. The van der Waals surface area contributed by atoms with Gasteiger partial charge < -0.3 is 20.5 Å². The molecule has 1 heterocycles. The first kappa shape index (κ1) is 17.7. The summed E-state index contributed by atoms with van der Waals surface area (Å²) in [6.45, 7) is 2.50. The quantitative estimate of drug-likeness (QED) is 0.724. The van der Waals surface area contributed by atoms with Gasteiger partial charge in [0.15, 0.2) is 0 Å². The Kier molecular flexibility index (Phi) is 5.98. The highest BCUT2D eigenvalue weighted by molar-refractivity contribution is 6.30. The van der Waals surface area contributed by atoms with Gasteiger partial charge in [-0.1, -0.05) is 11.6 Å². The smallest absolute Gasteiger partial charge is 0.251 e. The zero-order chi connectivity index (χ0) is 16.9. The summed E-state index contributed by atoms with van der Waals surface area (Å²) in [5, 5.41) is 15.3. The first-order valence-electron chi connectivity index (χ1n) is 7.53. The molecule has 0 saturated carbocycles. The standard InChI is InChI=1S/C16H21ClN2O4/c1-11(18-15(22)12-2-4-13(17)5-3-12)14(21)19-16(6-8-20)7-9-23-10-16/h2-5,11,20H,6-10H2,1H3,(H,18,22)(H,19,21)/t11-,16-/m0/s1. The number of hydrogen-bond donors (Lipinski definition) is 3. The second-order valence-corrected chi connectivity index (χ2v) is 6.18. The zero-order valence-corrected chi connectivity index (χ0v) is 13.7. The van der Waals surface area contributed by atoms with Crippen molar-refractivity contribution in [2.24, 2.45) is 0 Å². The molecular formula is C16H21ClN2O4. The Morgan fingerprint density at radius 3 is 2.65 bits per heavy atom. The van der Waals surface area contributed by atoms with Crippen molar-refractivity contribution < 1.29 is 19.4 Å². The monoisotopic (exact) mass is 340 g/mol. The highest BCUT2D eigenvalue weighted by Crippen LogP contribution is 2.22. The largest absolute Gasteiger partial charge is 0.396 e. The number of ether oxygens (including phenoxy) is 1. The lowest BCUT2D eigenvalue weighted by Crippen LogP contribution is -2.55. The molecule has 1 fully saturated rings. The van der Waals surface area contributed by atoms with Gasteiger partial charge >= 0.3 is 0 Å². The van der Waals surface area contributed by atoms with E-state index >= 15 is 0 Å². The van der Waals surface area contributed by atoms with Crippen molar-refractivity contribution in [3.63, 3.8) is 0 Å². The van der Waals surface area contributed by atoms with Gasteiger partial charge in [-0.15, -0.1) is 0 Å². The molecule has 0 spiro atoms. The minimum absolute atomic E-state index is 0.0326. The Labute approximate surface area is 140 Å². The topological polar surface area (TPSA) is 87.7 Å². The Bertz CT molecular complexity index is 556. The van der Waals surface area contributed by atoms with E-state index in [0.717, 1.165) is 0 Å². The number of halogens is 1. The average molecular weight is 341 g/mol. The van der Waals surface area contributed by atoms with Gasteiger partial charge in [-0.25, -0.2) is 0 Å². The third-order valence-electron chi connectivity index (χ3n) is 3.93. The van der Waals surface area contributed by atoms with E-state index < -0.39 is 11.6 Å². The second-order valence-electron chi connectivity index (χ2n) is 5.75. The van der Waals surface area contributed by atoms with Gasteiger partial charge in [0.2, 0.25) is 5.91 Å². The van der Waals surface area contributed by atoms with E-state index in [0.29, 0.717) is 36.6 Å². The number of amides is 2. The summed E-state index contributed by atoms with van der Waals surface area (Å²) in [5.74, 6) is -0.644. The molecular weight excluding hydrogens is 320 g/mol. The number of hydrogen-bond acceptors (Lipinski definition) is 4. The fourth-order valence-corrected chi connectivity index (χ4v) is 2.62. The van der Waals surface area contributed by atoms with Crippen LogP contribution in [0.25, 0.3) is 0 Å². The summed E-state index contributed by atoms with van der Waals surface area (Å²) in [6.07, 6.45) is 1.08. The normalized spacial score (nSPS) is 21.7. The van der Waals surface area contributed by atoms with Crippen LogP contribution in [0.5, 0.6) is 0 Å². The van der Waals surface area contributed by atoms with Gasteiger partial charge in [-0.3, -0.25) is 9.59 Å². The van der Waals surface area contributed by atoms with Crippen molar-refractivity contribution in [3.8, 4) is 0 Å². The molecule has 0 radical (unpaired) electrons. The highest BCUT2D eigenvalue weighted by atomic mass is 35.5. The molecule has 1 aromatic rings. The van der Waals surface area contributed by atoms with Crippen LogP contribution < -0.4 is 10.6 Å². The van der Waals surface area contributed by atoms with Crippen molar-refractivity contribution in [1.29, 1.82) is 0 Å². The van der Waals surface area contributed by atoms with E-state index in [9.17, 15) is 14.7 Å². The van der Waals surface area contributed by atoms with Crippen LogP contribution in [0.3, 0.4) is 0 Å². The maximum atomic E-state index is 12.3. The van der Waals surface area contributed by atoms with Crippen LogP contribution >= 0.6 is 11.6 Å². The van der Waals surface area contributed by atoms with Crippen LogP contribution in [0.2, 0.25) is 5.02 Å². The minimum atomic E-state index is -0.700. The number of rotatable bonds is 6. The molecule has 0 unspecified atom stereocenters. The third kappa shape index (κ3) is 4.67. The number of carbonyl (C=O) groups excluding carboxylic acids is 2. The third-order valence-corrected chi connectivity index (χ3v) is 4.18. The van der Waals surface area contributed by atoms with Crippen LogP contribution in [0.4, 0.5) is 0 Å². The van der Waals surface area contributed by atoms with Crippen LogP contribution in [0, 0.1) is 0 Å². The van der Waals surface area contributed by atoms with Crippen molar-refractivity contribution in [2.45, 2.75) is 31.3 Å². The highest BCUT2D eigenvalue weighted by Gasteiger charge is 2.37. The van der Waals surface area contributed by atoms with Crippen molar-refractivity contribution in [1.82, 2.24) is 10.6 Å². The molecule has 3 N–H and O–H groups in total. The molecule has 0 aliphatic carbocycles. The molecule has 0 aromatic heterocycles. The van der Waals surface area contributed by atoms with Gasteiger partial charge in [0.25, 0.3) is 5.91 Å². The first-order chi connectivity index (χ1) is 11.0. The molecule has 23 heavy (non-hydrogen) atoms. The van der Waals surface area contributed by atoms with Crippen molar-refractivity contribution in [2.75, 3.05) is 19.8 Å². The van der Waals surface area contributed by atoms with E-state index in [-0.39, 0.29) is 18.4 Å². The summed E-state index contributed by atoms with van der Waals surface area (Å²) >= 11 is 5.78. The summed E-state index contributed by atoms with van der Waals surface area (Å²) in [6, 6.07) is 5.73. The van der Waals surface area contributed by atoms with Gasteiger partial charge in [0.05, 0.1) is 12.1 Å². The lowest BCUT2D eigenvalue weighted by atomic mass is 9.94. The van der Waals surface area contributed by atoms with Crippen molar-refractivity contribution >= 4 is 23.4 Å². The molecule has 6 nitrogen and oxygen atoms in total. The predicted octanol–water partition coefficient (Wildman–Crippen LogP) is 1.12. The maximum absolute atomic E-state index is 12.3. The fraction of sp³-hybridized carbons (Fsp3) is 0.500. The average Bonchev–Trinajstić information content (AvgIpc) is 2.96. The predicted molar refractivity (Wildman–Crippen MR) is 86.4 cm³/mol. The van der Waals surface area contributed by atoms with E-state index in [4.69, 9.17) is 16.3 Å². The second kappa shape index (κ2) is 7.77. The maximum Gasteiger partial charge on any atom is 0.251 e. The molecule has 0 bridgehead atoms. The SMILES string of the molecule is C[C@H](NC(=O)c1ccc(Cl)cc1)C(=O)N[C@@]1(CCO)CCOC1. The molecule has 1 aliphatic heterocycles. The number of aliphatic hydroxyl groups is 1. The van der Waals surface area contributed by atoms with Gasteiger partial charge in [-0.05, 0) is 44.0 Å². The first-order valence-corrected chi connectivity index (χ1v) is 7.91. The summed E-state index contributed by atoms with van der Waals surface area (Å²) in [5.41, 5.74) is -0.117. The number of nitrogens with one attached hydrogen (secondary N) is 2. The molecule has 2 atom stereocenters. The Morgan fingerprint density at radius 2 is 2.09 bits per heavy atom. The van der Waals surface area contributed by atoms with Crippen molar-refractivity contribution in [3.05, 3.63) is 34.9 Å². The van der Waals surface area contributed by atoms with Gasteiger partial charge in [0, 0.05) is 23.8 Å². The number of carbonyl (C=O) groups is 2. The summed E-state index contributed by atoms with van der Waals surface area (Å²) < 4.78 is 5.33. The van der Waals surface area contributed by atoms with Crippen LogP contribution in [-0.2, 0) is 9.53 Å². The minimum Gasteiger partial charge on any atom is -0.396 e. The molecule has 2 rings (SSSR count).